The van der Waals surface area contributed by atoms with Gasteiger partial charge in [0.2, 0.25) is 11.8 Å². The summed E-state index contributed by atoms with van der Waals surface area (Å²) in [6, 6.07) is 2.87. The summed E-state index contributed by atoms with van der Waals surface area (Å²) >= 11 is 0. The topological polar surface area (TPSA) is 97.3 Å². The second-order valence-electron chi connectivity index (χ2n) is 8.11. The molecule has 4 rings (SSSR count). The Morgan fingerprint density at radius 2 is 2.00 bits per heavy atom. The van der Waals surface area contributed by atoms with Crippen LogP contribution in [0.5, 0.6) is 11.8 Å². The predicted octanol–water partition coefficient (Wildman–Crippen LogP) is 4.44. The molecule has 1 fully saturated rings. The lowest BCUT2D eigenvalue weighted by molar-refractivity contribution is -0.136. The second-order valence-corrected chi connectivity index (χ2v) is 8.11. The van der Waals surface area contributed by atoms with Crippen molar-refractivity contribution in [3.63, 3.8) is 0 Å². The summed E-state index contributed by atoms with van der Waals surface area (Å²) in [5.74, 6) is -1.01. The fourth-order valence-electron chi connectivity index (χ4n) is 4.71. The molecule has 170 valence electrons. The van der Waals surface area contributed by atoms with E-state index >= 15 is 0 Å². The van der Waals surface area contributed by atoms with Crippen LogP contribution in [0.1, 0.15) is 43.9 Å². The maximum absolute atomic E-state index is 13.4. The van der Waals surface area contributed by atoms with E-state index in [1.54, 1.807) is 20.8 Å². The van der Waals surface area contributed by atoms with Crippen molar-refractivity contribution in [2.45, 2.75) is 50.7 Å². The molecule has 8 nitrogen and oxygen atoms in total. The molecule has 32 heavy (non-hydrogen) atoms. The van der Waals surface area contributed by atoms with Crippen molar-refractivity contribution in [3.8, 4) is 17.4 Å². The standard InChI is InChI=1S/C21H20F3N3O5/c1-5-26-18(30)31-13-9-19(2)14-15(20(13,3)32-19)17(29)27(16(14)28)10-6-7-12(25-4)11(8-10)21(22,23)24/h6-8,13,28-29H,5,9H2,1-3H3,(H,26,30)/t13-,19?,20?/m0/s1. The van der Waals surface area contributed by atoms with Crippen LogP contribution < -0.4 is 5.32 Å². The molecule has 0 saturated carbocycles. The minimum absolute atomic E-state index is 0.140. The smallest absolute Gasteiger partial charge is 0.407 e. The largest absolute Gasteiger partial charge is 0.494 e. The minimum atomic E-state index is -4.80. The molecule has 2 aliphatic heterocycles. The SMILES string of the molecule is [C-]#[N+]c1ccc(-n2c(O)c3c(c2O)C2(C)OC3(C)C[C@@H]2OC(=O)NCC)cc1C(F)(F)F. The van der Waals surface area contributed by atoms with Crippen LogP contribution in [-0.4, -0.2) is 33.5 Å². The van der Waals surface area contributed by atoms with Gasteiger partial charge in [-0.05, 0) is 32.9 Å². The Bertz CT molecular complexity index is 1170. The number of ether oxygens (including phenoxy) is 2. The molecule has 0 aliphatic carbocycles. The Kier molecular flexibility index (Phi) is 4.64. The molecule has 1 amide bonds. The van der Waals surface area contributed by atoms with Gasteiger partial charge in [-0.25, -0.2) is 9.64 Å². The van der Waals surface area contributed by atoms with Crippen molar-refractivity contribution in [1.82, 2.24) is 9.88 Å². The average Bonchev–Trinajstić information content (AvgIpc) is 3.21. The Morgan fingerprint density at radius 3 is 2.59 bits per heavy atom. The van der Waals surface area contributed by atoms with E-state index in [-0.39, 0.29) is 23.2 Å². The van der Waals surface area contributed by atoms with Gasteiger partial charge in [-0.15, -0.1) is 0 Å². The number of nitrogens with one attached hydrogen (secondary N) is 1. The number of aromatic nitrogens is 1. The highest BCUT2D eigenvalue weighted by Gasteiger charge is 2.66. The summed E-state index contributed by atoms with van der Waals surface area (Å²) in [4.78, 5) is 14.9. The van der Waals surface area contributed by atoms with E-state index in [2.05, 4.69) is 10.2 Å². The van der Waals surface area contributed by atoms with Gasteiger partial charge in [0.25, 0.3) is 0 Å². The van der Waals surface area contributed by atoms with Gasteiger partial charge in [0.1, 0.15) is 17.3 Å². The lowest BCUT2D eigenvalue weighted by atomic mass is 9.78. The van der Waals surface area contributed by atoms with E-state index in [9.17, 15) is 28.2 Å². The summed E-state index contributed by atoms with van der Waals surface area (Å²) in [5.41, 5.74) is -4.08. The Balaban J connectivity index is 1.85. The third kappa shape index (κ3) is 2.90. The van der Waals surface area contributed by atoms with Crippen molar-refractivity contribution in [3.05, 3.63) is 46.3 Å². The Labute approximate surface area is 181 Å². The van der Waals surface area contributed by atoms with Crippen LogP contribution in [0.2, 0.25) is 0 Å². The first-order valence-electron chi connectivity index (χ1n) is 9.78. The van der Waals surface area contributed by atoms with Crippen LogP contribution in [-0.2, 0) is 26.9 Å². The van der Waals surface area contributed by atoms with Crippen LogP contribution in [0.25, 0.3) is 10.5 Å². The van der Waals surface area contributed by atoms with Crippen molar-refractivity contribution in [2.75, 3.05) is 6.54 Å². The van der Waals surface area contributed by atoms with Gasteiger partial charge in [0.15, 0.2) is 5.69 Å². The van der Waals surface area contributed by atoms with E-state index in [0.29, 0.717) is 12.6 Å². The first-order chi connectivity index (χ1) is 14.9. The third-order valence-corrected chi connectivity index (χ3v) is 6.01. The second kappa shape index (κ2) is 6.80. The molecular formula is C21H20F3N3O5. The van der Waals surface area contributed by atoms with E-state index in [1.807, 2.05) is 0 Å². The molecule has 2 unspecified atom stereocenters. The average molecular weight is 451 g/mol. The van der Waals surface area contributed by atoms with E-state index in [0.717, 1.165) is 10.6 Å². The summed E-state index contributed by atoms with van der Waals surface area (Å²) < 4.78 is 52.7. The highest BCUT2D eigenvalue weighted by atomic mass is 19.4. The zero-order valence-corrected chi connectivity index (χ0v) is 17.4. The van der Waals surface area contributed by atoms with Crippen molar-refractivity contribution in [1.29, 1.82) is 0 Å². The molecule has 0 radical (unpaired) electrons. The van der Waals surface area contributed by atoms with Gasteiger partial charge in [-0.1, -0.05) is 6.07 Å². The fourth-order valence-corrected chi connectivity index (χ4v) is 4.71. The number of carbonyl (C=O) groups is 1. The molecule has 2 bridgehead atoms. The lowest BCUT2D eigenvalue weighted by Crippen LogP contribution is -2.39. The van der Waals surface area contributed by atoms with Crippen molar-refractivity contribution in [2.24, 2.45) is 0 Å². The van der Waals surface area contributed by atoms with Crippen molar-refractivity contribution < 1.29 is 37.7 Å². The summed E-state index contributed by atoms with van der Waals surface area (Å²) in [5, 5.41) is 24.4. The monoisotopic (exact) mass is 451 g/mol. The first kappa shape index (κ1) is 21.8. The number of alkyl halides is 3. The summed E-state index contributed by atoms with van der Waals surface area (Å²) in [7, 11) is 0. The minimum Gasteiger partial charge on any atom is -0.494 e. The van der Waals surface area contributed by atoms with Crippen LogP contribution >= 0.6 is 0 Å². The van der Waals surface area contributed by atoms with Gasteiger partial charge in [0.05, 0.1) is 28.9 Å². The number of halogens is 3. The number of hydrogen-bond donors (Lipinski definition) is 3. The zero-order valence-electron chi connectivity index (χ0n) is 17.4. The number of hydrogen-bond acceptors (Lipinski definition) is 5. The first-order valence-corrected chi connectivity index (χ1v) is 9.78. The fraction of sp³-hybridized carbons (Fsp3) is 0.429. The number of aromatic hydroxyl groups is 2. The van der Waals surface area contributed by atoms with E-state index in [4.69, 9.17) is 16.0 Å². The van der Waals surface area contributed by atoms with E-state index < -0.39 is 52.6 Å². The molecule has 2 aromatic rings. The quantitative estimate of drug-likeness (QED) is 0.600. The molecule has 3 N–H and O–H groups in total. The molecule has 0 spiro atoms. The summed E-state index contributed by atoms with van der Waals surface area (Å²) in [6.07, 6.45) is -6.10. The predicted molar refractivity (Wildman–Crippen MR) is 105 cm³/mol. The van der Waals surface area contributed by atoms with Gasteiger partial charge >= 0.3 is 12.3 Å². The number of amides is 1. The maximum Gasteiger partial charge on any atom is 0.407 e. The zero-order chi connectivity index (χ0) is 23.6. The highest BCUT2D eigenvalue weighted by Crippen LogP contribution is 2.65. The van der Waals surface area contributed by atoms with Crippen LogP contribution in [0.4, 0.5) is 23.7 Å². The number of carbonyl (C=O) groups excluding carboxylic acids is 1. The Morgan fingerprint density at radius 1 is 1.34 bits per heavy atom. The molecular weight excluding hydrogens is 431 g/mol. The van der Waals surface area contributed by atoms with Crippen LogP contribution in [0.15, 0.2) is 18.2 Å². The normalized spacial score (nSPS) is 26.0. The number of rotatable bonds is 3. The molecule has 1 saturated heterocycles. The number of benzene rings is 1. The van der Waals surface area contributed by atoms with Gasteiger partial charge in [0, 0.05) is 13.0 Å². The third-order valence-electron chi connectivity index (χ3n) is 6.01. The molecule has 1 aromatic carbocycles. The van der Waals surface area contributed by atoms with E-state index in [1.165, 1.54) is 6.07 Å². The molecule has 1 aromatic heterocycles. The maximum atomic E-state index is 13.4. The number of nitrogens with zero attached hydrogens (tertiary/aromatic N) is 2. The lowest BCUT2D eigenvalue weighted by Gasteiger charge is -2.29. The summed E-state index contributed by atoms with van der Waals surface area (Å²) in [6.45, 7) is 12.3. The molecule has 11 heteroatoms. The van der Waals surface area contributed by atoms with Crippen molar-refractivity contribution >= 4 is 11.8 Å². The number of fused-ring (bicyclic) bond motifs is 5. The molecule has 3 atom stereocenters. The number of alkyl carbamates (subject to hydrolysis) is 1. The Hall–Kier alpha value is -3.39. The molecule has 2 aliphatic rings. The van der Waals surface area contributed by atoms with Gasteiger partial charge < -0.3 is 25.0 Å². The van der Waals surface area contributed by atoms with Crippen LogP contribution in [0.3, 0.4) is 0 Å². The van der Waals surface area contributed by atoms with Gasteiger partial charge in [-0.3, -0.25) is 4.57 Å². The molecule has 3 heterocycles. The van der Waals surface area contributed by atoms with Gasteiger partial charge in [-0.2, -0.15) is 13.2 Å². The van der Waals surface area contributed by atoms with Crippen LogP contribution in [0, 0.1) is 6.57 Å². The highest BCUT2D eigenvalue weighted by molar-refractivity contribution is 5.69.